The molecular weight excluding hydrogens is 172 g/mol. The van der Waals surface area contributed by atoms with E-state index in [1.807, 2.05) is 6.92 Å². The fourth-order valence-corrected chi connectivity index (χ4v) is 1.28. The average molecular weight is 196 g/mol. The summed E-state index contributed by atoms with van der Waals surface area (Å²) < 4.78 is 0. The molecule has 0 fully saturated rings. The Morgan fingerprint density at radius 2 is 2.14 bits per heavy atom. The van der Waals surface area contributed by atoms with Crippen LogP contribution < -0.4 is 0 Å². The molecule has 0 spiro atoms. The van der Waals surface area contributed by atoms with Crippen LogP contribution in [0.2, 0.25) is 0 Å². The van der Waals surface area contributed by atoms with Crippen molar-refractivity contribution in [2.45, 2.75) is 33.1 Å². The third-order valence-electron chi connectivity index (χ3n) is 2.16. The van der Waals surface area contributed by atoms with E-state index >= 15 is 0 Å². The van der Waals surface area contributed by atoms with E-state index in [1.165, 1.54) is 19.4 Å². The van der Waals surface area contributed by atoms with Gasteiger partial charge in [-0.25, -0.2) is 4.99 Å². The molecule has 0 amide bonds. The van der Waals surface area contributed by atoms with Gasteiger partial charge >= 0.3 is 0 Å². The third-order valence-corrected chi connectivity index (χ3v) is 2.16. The molecule has 0 aromatic heterocycles. The number of aliphatic imine (C=N–C) groups is 1. The van der Waals surface area contributed by atoms with E-state index in [0.717, 1.165) is 18.9 Å². The van der Waals surface area contributed by atoms with E-state index in [4.69, 9.17) is 0 Å². The van der Waals surface area contributed by atoms with Crippen molar-refractivity contribution >= 4 is 5.87 Å². The van der Waals surface area contributed by atoms with Gasteiger partial charge in [-0.2, -0.15) is 0 Å². The molecule has 0 aromatic carbocycles. The van der Waals surface area contributed by atoms with Gasteiger partial charge in [0.05, 0.1) is 0 Å². The van der Waals surface area contributed by atoms with Crippen LogP contribution in [0.15, 0.2) is 11.1 Å². The first kappa shape index (κ1) is 13.4. The zero-order chi connectivity index (χ0) is 10.8. The van der Waals surface area contributed by atoms with Crippen LogP contribution in [-0.2, 0) is 0 Å². The Morgan fingerprint density at radius 1 is 1.43 bits per heavy atom. The van der Waals surface area contributed by atoms with E-state index in [0.29, 0.717) is 0 Å². The summed E-state index contributed by atoms with van der Waals surface area (Å²) in [7, 11) is 4.25. The smallest absolute Gasteiger partial charge is 0.0455 e. The zero-order valence-electron chi connectivity index (χ0n) is 10.1. The highest BCUT2D eigenvalue weighted by Crippen LogP contribution is 2.09. The van der Waals surface area contributed by atoms with Crippen molar-refractivity contribution in [3.8, 4) is 0 Å². The van der Waals surface area contributed by atoms with Crippen molar-refractivity contribution in [3.05, 3.63) is 6.08 Å². The fraction of sp³-hybridized carbons (Fsp3) is 0.833. The minimum atomic E-state index is 0.759. The second-order valence-electron chi connectivity index (χ2n) is 4.09. The maximum atomic E-state index is 4.04. The molecule has 0 N–H and O–H groups in total. The van der Waals surface area contributed by atoms with Crippen molar-refractivity contribution in [3.63, 3.8) is 0 Å². The Morgan fingerprint density at radius 3 is 2.71 bits per heavy atom. The lowest BCUT2D eigenvalue weighted by molar-refractivity contribution is 0.373. The van der Waals surface area contributed by atoms with Gasteiger partial charge in [0.1, 0.15) is 0 Å². The second kappa shape index (κ2) is 8.98. The molecule has 0 aliphatic heterocycles. The predicted octanol–water partition coefficient (Wildman–Crippen LogP) is 2.60. The molecule has 0 aromatic rings. The van der Waals surface area contributed by atoms with E-state index in [9.17, 15) is 0 Å². The number of hydrogen-bond acceptors (Lipinski definition) is 2. The zero-order valence-corrected chi connectivity index (χ0v) is 10.1. The van der Waals surface area contributed by atoms with Gasteiger partial charge in [0.15, 0.2) is 0 Å². The van der Waals surface area contributed by atoms with Gasteiger partial charge in [0.25, 0.3) is 0 Å². The van der Waals surface area contributed by atoms with Gasteiger partial charge in [-0.05, 0) is 64.7 Å². The standard InChI is InChI=1S/C12H24N2/c1-5-13-10-6-8-12(2)9-7-11-14(3)4/h6,12H,5,7-9,11H2,1-4H3. The van der Waals surface area contributed by atoms with Gasteiger partial charge in [-0.15, -0.1) is 0 Å². The summed E-state index contributed by atoms with van der Waals surface area (Å²) in [5, 5.41) is 0. The highest BCUT2D eigenvalue weighted by molar-refractivity contribution is 5.51. The molecular formula is C12H24N2. The van der Waals surface area contributed by atoms with Crippen LogP contribution in [0.5, 0.6) is 0 Å². The highest BCUT2D eigenvalue weighted by Gasteiger charge is 1.99. The summed E-state index contributed by atoms with van der Waals surface area (Å²) in [5.41, 5.74) is 0. The van der Waals surface area contributed by atoms with Crippen molar-refractivity contribution in [1.82, 2.24) is 4.90 Å². The van der Waals surface area contributed by atoms with Gasteiger partial charge in [-0.3, -0.25) is 0 Å². The van der Waals surface area contributed by atoms with Gasteiger partial charge in [0, 0.05) is 6.54 Å². The predicted molar refractivity (Wildman–Crippen MR) is 64.1 cm³/mol. The Bertz CT molecular complexity index is 179. The molecule has 0 aliphatic carbocycles. The molecule has 0 saturated heterocycles. The molecule has 1 atom stereocenters. The minimum absolute atomic E-state index is 0.759. The van der Waals surface area contributed by atoms with E-state index in [2.05, 4.69) is 42.9 Å². The summed E-state index contributed by atoms with van der Waals surface area (Å²) in [5.74, 6) is 3.71. The van der Waals surface area contributed by atoms with E-state index < -0.39 is 0 Å². The molecule has 0 rings (SSSR count). The Labute approximate surface area is 88.7 Å². The summed E-state index contributed by atoms with van der Waals surface area (Å²) in [6, 6.07) is 0. The summed E-state index contributed by atoms with van der Waals surface area (Å²) in [6.07, 6.45) is 5.75. The normalized spacial score (nSPS) is 12.4. The molecule has 0 heterocycles. The number of allylic oxidation sites excluding steroid dienone is 1. The van der Waals surface area contributed by atoms with Crippen molar-refractivity contribution in [2.24, 2.45) is 10.9 Å². The third kappa shape index (κ3) is 9.50. The Kier molecular flexibility index (Phi) is 8.61. The first-order valence-electron chi connectivity index (χ1n) is 5.55. The largest absolute Gasteiger partial charge is 0.309 e. The van der Waals surface area contributed by atoms with Crippen LogP contribution in [0.25, 0.3) is 0 Å². The molecule has 14 heavy (non-hydrogen) atoms. The van der Waals surface area contributed by atoms with Crippen LogP contribution in [0.1, 0.15) is 33.1 Å². The van der Waals surface area contributed by atoms with Crippen LogP contribution in [0.3, 0.4) is 0 Å². The average Bonchev–Trinajstić information content (AvgIpc) is 2.12. The highest BCUT2D eigenvalue weighted by atomic mass is 15.0. The van der Waals surface area contributed by atoms with Gasteiger partial charge < -0.3 is 4.90 Å². The van der Waals surface area contributed by atoms with Crippen LogP contribution in [0.4, 0.5) is 0 Å². The molecule has 0 saturated carbocycles. The van der Waals surface area contributed by atoms with Gasteiger partial charge in [0.2, 0.25) is 0 Å². The Hall–Kier alpha value is -0.590. The van der Waals surface area contributed by atoms with Gasteiger partial charge in [-0.1, -0.05) is 6.92 Å². The Balaban J connectivity index is 3.45. The monoisotopic (exact) mass is 196 g/mol. The van der Waals surface area contributed by atoms with Crippen LogP contribution in [-0.4, -0.2) is 38.0 Å². The summed E-state index contributed by atoms with van der Waals surface area (Å²) >= 11 is 0. The van der Waals surface area contributed by atoms with Crippen molar-refractivity contribution in [1.29, 1.82) is 0 Å². The first-order chi connectivity index (χ1) is 6.66. The SMILES string of the molecule is CCN=C=CCC(C)CCCN(C)C. The lowest BCUT2D eigenvalue weighted by Crippen LogP contribution is -2.13. The lowest BCUT2D eigenvalue weighted by atomic mass is 10.0. The molecule has 82 valence electrons. The molecule has 2 heteroatoms. The lowest BCUT2D eigenvalue weighted by Gasteiger charge is -2.11. The fourth-order valence-electron chi connectivity index (χ4n) is 1.28. The minimum Gasteiger partial charge on any atom is -0.309 e. The van der Waals surface area contributed by atoms with Crippen LogP contribution in [0, 0.1) is 5.92 Å². The molecule has 0 radical (unpaired) electrons. The summed E-state index contributed by atoms with van der Waals surface area (Å²) in [6.45, 7) is 6.35. The number of nitrogens with zero attached hydrogens (tertiary/aromatic N) is 2. The van der Waals surface area contributed by atoms with Crippen molar-refractivity contribution in [2.75, 3.05) is 27.2 Å². The molecule has 1 unspecified atom stereocenters. The van der Waals surface area contributed by atoms with Crippen LogP contribution >= 0.6 is 0 Å². The second-order valence-corrected chi connectivity index (χ2v) is 4.09. The molecule has 0 aliphatic rings. The van der Waals surface area contributed by atoms with Crippen molar-refractivity contribution < 1.29 is 0 Å². The maximum absolute atomic E-state index is 4.04. The quantitative estimate of drug-likeness (QED) is 0.571. The first-order valence-corrected chi connectivity index (χ1v) is 5.55. The maximum Gasteiger partial charge on any atom is 0.0455 e. The molecule has 0 bridgehead atoms. The van der Waals surface area contributed by atoms with E-state index in [1.54, 1.807) is 0 Å². The topological polar surface area (TPSA) is 15.6 Å². The number of rotatable bonds is 7. The summed E-state index contributed by atoms with van der Waals surface area (Å²) in [4.78, 5) is 6.28. The molecule has 2 nitrogen and oxygen atoms in total. The number of hydrogen-bond donors (Lipinski definition) is 0. The van der Waals surface area contributed by atoms with E-state index in [-0.39, 0.29) is 0 Å².